The van der Waals surface area contributed by atoms with Crippen LogP contribution in [0.25, 0.3) is 0 Å². The second-order valence-electron chi connectivity index (χ2n) is 3.30. The van der Waals surface area contributed by atoms with Gasteiger partial charge in [0.25, 0.3) is 5.91 Å². The number of hydrogen-bond acceptors (Lipinski definition) is 4. The number of amides is 3. The second-order valence-corrected chi connectivity index (χ2v) is 3.30. The first-order valence-corrected chi connectivity index (χ1v) is 4.92. The van der Waals surface area contributed by atoms with Gasteiger partial charge < -0.3 is 15.2 Å². The molecule has 0 saturated heterocycles. The maximum absolute atomic E-state index is 11.6. The van der Waals surface area contributed by atoms with E-state index in [1.807, 2.05) is 5.43 Å². The molecule has 90 valence electrons. The number of benzene rings is 1. The molecule has 0 radical (unpaired) electrons. The number of hydrazine groups is 1. The maximum Gasteiger partial charge on any atom is 0.330 e. The van der Waals surface area contributed by atoms with Gasteiger partial charge in [-0.05, 0) is 18.2 Å². The van der Waals surface area contributed by atoms with Gasteiger partial charge in [-0.3, -0.25) is 10.2 Å². The molecular formula is C10H11N3O4. The Kier molecular flexibility index (Phi) is 2.99. The Morgan fingerprint density at radius 1 is 1.12 bits per heavy atom. The third-order valence-electron chi connectivity index (χ3n) is 2.10. The molecule has 7 heteroatoms. The third kappa shape index (κ3) is 2.57. The van der Waals surface area contributed by atoms with Crippen molar-refractivity contribution in [3.63, 3.8) is 0 Å². The Morgan fingerprint density at radius 2 is 1.82 bits per heavy atom. The topological polar surface area (TPSA) is 103 Å². The highest BCUT2D eigenvalue weighted by Gasteiger charge is 2.14. The van der Waals surface area contributed by atoms with Crippen molar-refractivity contribution in [2.45, 2.75) is 0 Å². The molecular weight excluding hydrogens is 226 g/mol. The van der Waals surface area contributed by atoms with Crippen LogP contribution in [0.15, 0.2) is 18.2 Å². The molecule has 1 aromatic rings. The number of urea groups is 1. The van der Waals surface area contributed by atoms with Gasteiger partial charge in [-0.2, -0.15) is 0 Å². The van der Waals surface area contributed by atoms with Crippen molar-refractivity contribution >= 4 is 11.9 Å². The van der Waals surface area contributed by atoms with E-state index >= 15 is 0 Å². The minimum Gasteiger partial charge on any atom is -0.486 e. The van der Waals surface area contributed by atoms with E-state index in [-0.39, 0.29) is 0 Å². The molecule has 4 N–H and O–H groups in total. The normalized spacial score (nSPS) is 12.7. The molecule has 1 heterocycles. The molecule has 1 aliphatic heterocycles. The van der Waals surface area contributed by atoms with Crippen LogP contribution in [-0.4, -0.2) is 25.2 Å². The third-order valence-corrected chi connectivity index (χ3v) is 2.10. The van der Waals surface area contributed by atoms with Gasteiger partial charge >= 0.3 is 6.03 Å². The molecule has 0 aromatic heterocycles. The Morgan fingerprint density at radius 3 is 2.53 bits per heavy atom. The van der Waals surface area contributed by atoms with Crippen molar-refractivity contribution in [2.24, 2.45) is 5.73 Å². The number of primary amides is 1. The molecule has 0 atom stereocenters. The molecule has 17 heavy (non-hydrogen) atoms. The molecule has 0 unspecified atom stereocenters. The van der Waals surface area contributed by atoms with Gasteiger partial charge in [0.1, 0.15) is 13.2 Å². The summed E-state index contributed by atoms with van der Waals surface area (Å²) in [4.78, 5) is 22.0. The predicted molar refractivity (Wildman–Crippen MR) is 57.6 cm³/mol. The van der Waals surface area contributed by atoms with Gasteiger partial charge in [0.2, 0.25) is 0 Å². The van der Waals surface area contributed by atoms with E-state index in [1.165, 1.54) is 6.07 Å². The molecule has 0 spiro atoms. The lowest BCUT2D eigenvalue weighted by Gasteiger charge is -2.18. The standard InChI is InChI=1S/C10H11N3O4/c11-10(15)13-12-9(14)6-1-2-7-8(5-6)17-4-3-16-7/h1-2,5H,3-4H2,(H,12,14)(H3,11,13,15). The molecule has 3 amide bonds. The monoisotopic (exact) mass is 237 g/mol. The number of nitrogens with two attached hydrogens (primary N) is 1. The highest BCUT2D eigenvalue weighted by atomic mass is 16.6. The summed E-state index contributed by atoms with van der Waals surface area (Å²) in [5, 5.41) is 0. The van der Waals surface area contributed by atoms with E-state index in [1.54, 1.807) is 12.1 Å². The average Bonchev–Trinajstić information content (AvgIpc) is 2.35. The van der Waals surface area contributed by atoms with Gasteiger partial charge in [-0.25, -0.2) is 10.2 Å². The lowest BCUT2D eigenvalue weighted by atomic mass is 10.2. The van der Waals surface area contributed by atoms with Crippen molar-refractivity contribution in [1.29, 1.82) is 0 Å². The van der Waals surface area contributed by atoms with Crippen molar-refractivity contribution in [2.75, 3.05) is 13.2 Å². The van der Waals surface area contributed by atoms with Crippen LogP contribution in [0.3, 0.4) is 0 Å². The maximum atomic E-state index is 11.6. The van der Waals surface area contributed by atoms with Gasteiger partial charge in [-0.1, -0.05) is 0 Å². The Hall–Kier alpha value is -2.44. The van der Waals surface area contributed by atoms with Crippen LogP contribution in [0.5, 0.6) is 11.5 Å². The minimum absolute atomic E-state index is 0.336. The summed E-state index contributed by atoms with van der Waals surface area (Å²) < 4.78 is 10.6. The van der Waals surface area contributed by atoms with Crippen molar-refractivity contribution in [3.8, 4) is 11.5 Å². The lowest BCUT2D eigenvalue weighted by Crippen LogP contribution is -2.44. The van der Waals surface area contributed by atoms with Crippen LogP contribution in [-0.2, 0) is 0 Å². The molecule has 0 bridgehead atoms. The fraction of sp³-hybridized carbons (Fsp3) is 0.200. The van der Waals surface area contributed by atoms with Crippen LogP contribution in [0.2, 0.25) is 0 Å². The summed E-state index contributed by atoms with van der Waals surface area (Å²) in [7, 11) is 0. The van der Waals surface area contributed by atoms with Crippen LogP contribution < -0.4 is 26.1 Å². The average molecular weight is 237 g/mol. The first-order valence-electron chi connectivity index (χ1n) is 4.92. The van der Waals surface area contributed by atoms with Crippen LogP contribution in [0, 0.1) is 0 Å². The Bertz CT molecular complexity index is 461. The summed E-state index contributed by atoms with van der Waals surface area (Å²) in [5.74, 6) is 0.611. The zero-order valence-corrected chi connectivity index (χ0v) is 8.86. The number of ether oxygens (including phenoxy) is 2. The second kappa shape index (κ2) is 4.60. The van der Waals surface area contributed by atoms with E-state index in [0.717, 1.165) is 0 Å². The van der Waals surface area contributed by atoms with E-state index in [9.17, 15) is 9.59 Å². The first-order chi connectivity index (χ1) is 8.16. The first kappa shape index (κ1) is 11.1. The number of hydrogen-bond donors (Lipinski definition) is 3. The number of nitrogens with one attached hydrogen (secondary N) is 2. The zero-order valence-electron chi connectivity index (χ0n) is 8.86. The van der Waals surface area contributed by atoms with E-state index in [4.69, 9.17) is 15.2 Å². The van der Waals surface area contributed by atoms with Crippen molar-refractivity contribution in [1.82, 2.24) is 10.9 Å². The smallest absolute Gasteiger partial charge is 0.330 e. The Labute approximate surface area is 96.8 Å². The summed E-state index contributed by atoms with van der Waals surface area (Å²) in [6.45, 7) is 0.930. The summed E-state index contributed by atoms with van der Waals surface area (Å²) >= 11 is 0. The molecule has 7 nitrogen and oxygen atoms in total. The Balaban J connectivity index is 2.11. The molecule has 1 aromatic carbocycles. The highest BCUT2D eigenvalue weighted by molar-refractivity contribution is 5.95. The van der Waals surface area contributed by atoms with Crippen molar-refractivity contribution in [3.05, 3.63) is 23.8 Å². The fourth-order valence-corrected chi connectivity index (χ4v) is 1.38. The van der Waals surface area contributed by atoms with E-state index < -0.39 is 11.9 Å². The highest BCUT2D eigenvalue weighted by Crippen LogP contribution is 2.30. The van der Waals surface area contributed by atoms with Crippen LogP contribution >= 0.6 is 0 Å². The van der Waals surface area contributed by atoms with E-state index in [2.05, 4.69) is 5.43 Å². The fourth-order valence-electron chi connectivity index (χ4n) is 1.38. The van der Waals surface area contributed by atoms with Crippen LogP contribution in [0.4, 0.5) is 4.79 Å². The number of carbonyl (C=O) groups is 2. The van der Waals surface area contributed by atoms with Gasteiger partial charge in [0, 0.05) is 5.56 Å². The zero-order chi connectivity index (χ0) is 12.3. The minimum atomic E-state index is -0.837. The molecule has 2 rings (SSSR count). The predicted octanol–water partition coefficient (Wildman–Crippen LogP) is -0.229. The molecule has 1 aliphatic rings. The SMILES string of the molecule is NC(=O)NNC(=O)c1ccc2c(c1)OCCO2. The molecule has 0 aliphatic carbocycles. The molecule has 0 fully saturated rings. The summed E-state index contributed by atoms with van der Waals surface area (Å²) in [6.07, 6.45) is 0. The van der Waals surface area contributed by atoms with Gasteiger partial charge in [0.15, 0.2) is 11.5 Å². The largest absolute Gasteiger partial charge is 0.486 e. The quantitative estimate of drug-likeness (QED) is 0.587. The van der Waals surface area contributed by atoms with Gasteiger partial charge in [0.05, 0.1) is 0 Å². The van der Waals surface area contributed by atoms with Gasteiger partial charge in [-0.15, -0.1) is 0 Å². The summed E-state index contributed by atoms with van der Waals surface area (Å²) in [6, 6.07) is 3.89. The van der Waals surface area contributed by atoms with Crippen molar-refractivity contribution < 1.29 is 19.1 Å². The summed E-state index contributed by atoms with van der Waals surface area (Å²) in [5.41, 5.74) is 9.29. The lowest BCUT2D eigenvalue weighted by molar-refractivity contribution is 0.0936. The number of rotatable bonds is 1. The van der Waals surface area contributed by atoms with Crippen LogP contribution in [0.1, 0.15) is 10.4 Å². The number of carbonyl (C=O) groups excluding carboxylic acids is 2. The van der Waals surface area contributed by atoms with E-state index in [0.29, 0.717) is 30.3 Å². The molecule has 0 saturated carbocycles. The number of fused-ring (bicyclic) bond motifs is 1.